The van der Waals surface area contributed by atoms with Crippen molar-refractivity contribution in [3.8, 4) is 28.2 Å². The maximum Gasteiger partial charge on any atom is 0.326 e. The average molecular weight is 560 g/mol. The number of aryl methyl sites for hydroxylation is 1. The number of benzene rings is 3. The van der Waals surface area contributed by atoms with Crippen molar-refractivity contribution in [1.29, 1.82) is 0 Å². The number of ether oxygens (including phenoxy) is 2. The van der Waals surface area contributed by atoms with Crippen molar-refractivity contribution in [2.45, 2.75) is 25.5 Å². The van der Waals surface area contributed by atoms with Crippen LogP contribution in [0.5, 0.6) is 5.75 Å². The van der Waals surface area contributed by atoms with Crippen LogP contribution >= 0.6 is 11.8 Å². The zero-order valence-electron chi connectivity index (χ0n) is 23.0. The van der Waals surface area contributed by atoms with Crippen LogP contribution in [0.3, 0.4) is 0 Å². The number of methoxy groups -OCH3 is 2. The number of furan rings is 1. The summed E-state index contributed by atoms with van der Waals surface area (Å²) < 4.78 is 17.3. The third kappa shape index (κ3) is 6.58. The molecule has 0 aliphatic carbocycles. The monoisotopic (exact) mass is 559 g/mol. The largest absolute Gasteiger partial charge is 0.497 e. The lowest BCUT2D eigenvalue weighted by Gasteiger charge is -2.19. The van der Waals surface area contributed by atoms with Crippen molar-refractivity contribution in [3.05, 3.63) is 101 Å². The highest BCUT2D eigenvalue weighted by Gasteiger charge is 2.25. The zero-order valence-corrected chi connectivity index (χ0v) is 23.8. The standard InChI is InChI=1S/C32H33NO6S/c1-20-7-5-6-8-24(20)26-19-22(11-14-25(26)31(34)33-27(32(35)36)17-18-40-4)30(38-3)29-16-15-28(39-29)21-9-12-23(37-2)13-10-21/h5-16,19,27,30H,17-18H2,1-4H3,(H,33,34)(H,35,36). The molecule has 1 amide bonds. The molecule has 2 unspecified atom stereocenters. The smallest absolute Gasteiger partial charge is 0.326 e. The summed E-state index contributed by atoms with van der Waals surface area (Å²) in [6.07, 6.45) is 1.71. The normalized spacial score (nSPS) is 12.5. The van der Waals surface area contributed by atoms with Gasteiger partial charge in [-0.3, -0.25) is 4.79 Å². The Hall–Kier alpha value is -4.01. The Morgan fingerprint density at radius 1 is 0.975 bits per heavy atom. The minimum absolute atomic E-state index is 0.334. The maximum absolute atomic E-state index is 13.4. The Kier molecular flexibility index (Phi) is 9.69. The van der Waals surface area contributed by atoms with E-state index in [1.807, 2.05) is 86.0 Å². The summed E-state index contributed by atoms with van der Waals surface area (Å²) in [6, 6.07) is 23.6. The lowest BCUT2D eigenvalue weighted by Crippen LogP contribution is -2.41. The molecule has 0 spiro atoms. The molecule has 2 N–H and O–H groups in total. The van der Waals surface area contributed by atoms with Gasteiger partial charge in [0.2, 0.25) is 0 Å². The first-order chi connectivity index (χ1) is 19.4. The number of carbonyl (C=O) groups excluding carboxylic acids is 1. The number of rotatable bonds is 12. The second-order valence-electron chi connectivity index (χ2n) is 9.31. The highest BCUT2D eigenvalue weighted by Crippen LogP contribution is 2.35. The number of amides is 1. The van der Waals surface area contributed by atoms with Crippen LogP contribution in [0.15, 0.2) is 83.3 Å². The third-order valence-electron chi connectivity index (χ3n) is 6.74. The van der Waals surface area contributed by atoms with Gasteiger partial charge in [-0.1, -0.05) is 30.3 Å². The summed E-state index contributed by atoms with van der Waals surface area (Å²) in [5, 5.41) is 12.4. The molecule has 2 atom stereocenters. The fourth-order valence-electron chi connectivity index (χ4n) is 4.57. The van der Waals surface area contributed by atoms with Gasteiger partial charge in [-0.05, 0) is 96.1 Å². The Labute approximate surface area is 238 Å². The quantitative estimate of drug-likeness (QED) is 0.202. The molecule has 1 aromatic heterocycles. The minimum atomic E-state index is -1.05. The lowest BCUT2D eigenvalue weighted by molar-refractivity contribution is -0.139. The van der Waals surface area contributed by atoms with E-state index in [9.17, 15) is 14.7 Å². The average Bonchev–Trinajstić information content (AvgIpc) is 3.45. The Bertz CT molecular complexity index is 1460. The van der Waals surface area contributed by atoms with Crippen LogP contribution in [0, 0.1) is 6.92 Å². The molecule has 40 heavy (non-hydrogen) atoms. The number of hydrogen-bond acceptors (Lipinski definition) is 6. The second kappa shape index (κ2) is 13.4. The molecule has 4 rings (SSSR count). The fourth-order valence-corrected chi connectivity index (χ4v) is 5.04. The van der Waals surface area contributed by atoms with E-state index in [0.717, 1.165) is 28.0 Å². The van der Waals surface area contributed by atoms with Gasteiger partial charge in [0.1, 0.15) is 29.4 Å². The molecule has 0 radical (unpaired) electrons. The van der Waals surface area contributed by atoms with Crippen molar-refractivity contribution in [3.63, 3.8) is 0 Å². The van der Waals surface area contributed by atoms with Crippen LogP contribution in [0.25, 0.3) is 22.5 Å². The van der Waals surface area contributed by atoms with E-state index >= 15 is 0 Å². The Balaban J connectivity index is 1.71. The highest BCUT2D eigenvalue weighted by molar-refractivity contribution is 7.98. The fraction of sp³-hybridized carbons (Fsp3) is 0.250. The molecule has 0 aliphatic heterocycles. The van der Waals surface area contributed by atoms with Crippen molar-refractivity contribution >= 4 is 23.6 Å². The van der Waals surface area contributed by atoms with Crippen LogP contribution in [0.2, 0.25) is 0 Å². The van der Waals surface area contributed by atoms with Crippen LogP contribution in [0.1, 0.15) is 39.8 Å². The van der Waals surface area contributed by atoms with Gasteiger partial charge >= 0.3 is 5.97 Å². The van der Waals surface area contributed by atoms with Gasteiger partial charge in [0, 0.05) is 18.2 Å². The van der Waals surface area contributed by atoms with E-state index in [2.05, 4.69) is 5.32 Å². The molecule has 8 heteroatoms. The summed E-state index contributed by atoms with van der Waals surface area (Å²) >= 11 is 1.54. The SMILES string of the molecule is COc1ccc(-c2ccc(C(OC)c3ccc(C(=O)NC(CCSC)C(=O)O)c(-c4ccccc4C)c3)o2)cc1. The van der Waals surface area contributed by atoms with Crippen LogP contribution in [-0.4, -0.2) is 49.3 Å². The highest BCUT2D eigenvalue weighted by atomic mass is 32.2. The first-order valence-electron chi connectivity index (χ1n) is 12.9. The molecule has 4 aromatic rings. The van der Waals surface area contributed by atoms with Crippen molar-refractivity contribution in [2.24, 2.45) is 0 Å². The predicted molar refractivity (Wildman–Crippen MR) is 158 cm³/mol. The first-order valence-corrected chi connectivity index (χ1v) is 14.2. The summed E-state index contributed by atoms with van der Waals surface area (Å²) in [5.74, 6) is 1.20. The number of carboxylic acids is 1. The first kappa shape index (κ1) is 29.0. The van der Waals surface area contributed by atoms with E-state index in [-0.39, 0.29) is 0 Å². The van der Waals surface area contributed by atoms with E-state index in [1.54, 1.807) is 20.3 Å². The number of thioether (sulfide) groups is 1. The zero-order chi connectivity index (χ0) is 28.6. The van der Waals surface area contributed by atoms with Gasteiger partial charge < -0.3 is 24.3 Å². The van der Waals surface area contributed by atoms with E-state index in [0.29, 0.717) is 34.8 Å². The number of aliphatic carboxylic acids is 1. The second-order valence-corrected chi connectivity index (χ2v) is 10.3. The number of nitrogens with one attached hydrogen (secondary N) is 1. The summed E-state index contributed by atoms with van der Waals surface area (Å²) in [7, 11) is 3.23. The summed E-state index contributed by atoms with van der Waals surface area (Å²) in [6.45, 7) is 1.98. The Morgan fingerprint density at radius 3 is 2.38 bits per heavy atom. The number of carboxylic acid groups (broad SMARTS) is 1. The van der Waals surface area contributed by atoms with Gasteiger partial charge in [-0.15, -0.1) is 0 Å². The molecular formula is C32H33NO6S. The molecule has 0 aliphatic rings. The predicted octanol–water partition coefficient (Wildman–Crippen LogP) is 6.60. The minimum Gasteiger partial charge on any atom is -0.497 e. The van der Waals surface area contributed by atoms with Gasteiger partial charge in [-0.2, -0.15) is 11.8 Å². The number of carbonyl (C=O) groups is 2. The van der Waals surface area contributed by atoms with Crippen molar-refractivity contribution < 1.29 is 28.6 Å². The molecule has 208 valence electrons. The third-order valence-corrected chi connectivity index (χ3v) is 7.38. The van der Waals surface area contributed by atoms with Gasteiger partial charge in [0.15, 0.2) is 0 Å². The van der Waals surface area contributed by atoms with E-state index in [4.69, 9.17) is 13.9 Å². The summed E-state index contributed by atoms with van der Waals surface area (Å²) in [5.41, 5.74) is 4.64. The van der Waals surface area contributed by atoms with Gasteiger partial charge in [0.05, 0.1) is 7.11 Å². The van der Waals surface area contributed by atoms with Crippen molar-refractivity contribution in [2.75, 3.05) is 26.2 Å². The molecule has 0 saturated heterocycles. The van der Waals surface area contributed by atoms with Crippen LogP contribution in [-0.2, 0) is 9.53 Å². The molecule has 0 saturated carbocycles. The molecule has 7 nitrogen and oxygen atoms in total. The summed E-state index contributed by atoms with van der Waals surface area (Å²) in [4.78, 5) is 25.2. The molecule has 0 bridgehead atoms. The topological polar surface area (TPSA) is 98.0 Å². The van der Waals surface area contributed by atoms with Gasteiger partial charge in [0.25, 0.3) is 5.91 Å². The molecule has 3 aromatic carbocycles. The molecule has 1 heterocycles. The van der Waals surface area contributed by atoms with Crippen molar-refractivity contribution in [1.82, 2.24) is 5.32 Å². The van der Waals surface area contributed by atoms with Crippen LogP contribution in [0.4, 0.5) is 0 Å². The maximum atomic E-state index is 13.4. The van der Waals surface area contributed by atoms with E-state index in [1.165, 1.54) is 11.8 Å². The van der Waals surface area contributed by atoms with Gasteiger partial charge in [-0.25, -0.2) is 4.79 Å². The molecule has 0 fully saturated rings. The Morgan fingerprint density at radius 2 is 1.73 bits per heavy atom. The van der Waals surface area contributed by atoms with E-state index < -0.39 is 24.0 Å². The van der Waals surface area contributed by atoms with Crippen LogP contribution < -0.4 is 10.1 Å². The lowest BCUT2D eigenvalue weighted by atomic mass is 9.92. The number of hydrogen-bond donors (Lipinski definition) is 2. The molecular weight excluding hydrogens is 526 g/mol.